The van der Waals surface area contributed by atoms with E-state index in [9.17, 15) is 14.0 Å². The van der Waals surface area contributed by atoms with Crippen LogP contribution in [0.2, 0.25) is 0 Å². The van der Waals surface area contributed by atoms with Crippen molar-refractivity contribution in [3.63, 3.8) is 0 Å². The van der Waals surface area contributed by atoms with Crippen LogP contribution in [0, 0.1) is 24.1 Å². The number of nitrogens with zero attached hydrogens (tertiary/aromatic N) is 3. The molecule has 0 unspecified atom stereocenters. The molecule has 0 aliphatic rings. The first kappa shape index (κ1) is 20.1. The van der Waals surface area contributed by atoms with Gasteiger partial charge in [0.25, 0.3) is 5.91 Å². The van der Waals surface area contributed by atoms with E-state index in [4.69, 9.17) is 14.5 Å². The summed E-state index contributed by atoms with van der Waals surface area (Å²) < 4.78 is 23.4. The van der Waals surface area contributed by atoms with Crippen molar-refractivity contribution in [3.05, 3.63) is 47.1 Å². The molecule has 0 bridgehead atoms. The van der Waals surface area contributed by atoms with Gasteiger partial charge < -0.3 is 14.2 Å². The van der Waals surface area contributed by atoms with Crippen molar-refractivity contribution in [3.8, 4) is 6.07 Å². The van der Waals surface area contributed by atoms with E-state index in [-0.39, 0.29) is 24.4 Å². The van der Waals surface area contributed by atoms with Gasteiger partial charge in [0.2, 0.25) is 0 Å². The van der Waals surface area contributed by atoms with E-state index in [1.165, 1.54) is 29.2 Å². The number of halogens is 1. The van der Waals surface area contributed by atoms with Gasteiger partial charge in [-0.05, 0) is 31.2 Å². The topological polar surface area (TPSA) is 96.4 Å². The highest BCUT2D eigenvalue weighted by atomic mass is 19.1. The Morgan fingerprint density at radius 1 is 1.33 bits per heavy atom. The first-order chi connectivity index (χ1) is 12.8. The van der Waals surface area contributed by atoms with E-state index in [0.29, 0.717) is 17.1 Å². The van der Waals surface area contributed by atoms with E-state index in [0.717, 1.165) is 0 Å². The summed E-state index contributed by atoms with van der Waals surface area (Å²) in [5, 5.41) is 12.6. The van der Waals surface area contributed by atoms with Crippen LogP contribution in [-0.4, -0.2) is 30.2 Å². The second-order valence-corrected chi connectivity index (χ2v) is 6.17. The van der Waals surface area contributed by atoms with E-state index in [2.05, 4.69) is 5.16 Å². The van der Waals surface area contributed by atoms with Gasteiger partial charge in [-0.15, -0.1) is 0 Å². The maximum absolute atomic E-state index is 13.1. The number of hydrogen-bond acceptors (Lipinski definition) is 6. The Morgan fingerprint density at radius 3 is 2.59 bits per heavy atom. The van der Waals surface area contributed by atoms with Crippen molar-refractivity contribution in [2.75, 3.05) is 18.1 Å². The Kier molecular flexibility index (Phi) is 6.66. The Morgan fingerprint density at radius 2 is 2.00 bits per heavy atom. The van der Waals surface area contributed by atoms with Crippen molar-refractivity contribution >= 4 is 17.6 Å². The van der Waals surface area contributed by atoms with Gasteiger partial charge in [0, 0.05) is 18.2 Å². The standard InChI is InChI=1S/C19H20FN3O4/c1-12(2)18-17(13(3)22-27-18)19(25)26-11-16(24)23(10-4-9-21)15-7-5-14(20)6-8-15/h5-8,12H,4,10-11H2,1-3H3. The highest BCUT2D eigenvalue weighted by Gasteiger charge is 2.25. The third kappa shape index (κ3) is 4.91. The van der Waals surface area contributed by atoms with Crippen molar-refractivity contribution in [1.29, 1.82) is 5.26 Å². The van der Waals surface area contributed by atoms with E-state index in [1.807, 2.05) is 19.9 Å². The summed E-state index contributed by atoms with van der Waals surface area (Å²) in [5.74, 6) is -1.35. The second-order valence-electron chi connectivity index (χ2n) is 6.17. The molecule has 142 valence electrons. The Hall–Kier alpha value is -3.21. The number of hydrogen-bond donors (Lipinski definition) is 0. The van der Waals surface area contributed by atoms with Crippen LogP contribution in [-0.2, 0) is 9.53 Å². The van der Waals surface area contributed by atoms with Crippen LogP contribution in [0.3, 0.4) is 0 Å². The lowest BCUT2D eigenvalue weighted by Crippen LogP contribution is -2.35. The summed E-state index contributed by atoms with van der Waals surface area (Å²) in [5.41, 5.74) is 1.01. The molecule has 0 aliphatic heterocycles. The molecule has 0 spiro atoms. The quantitative estimate of drug-likeness (QED) is 0.691. The first-order valence-corrected chi connectivity index (χ1v) is 8.41. The number of ether oxygens (including phenoxy) is 1. The Bertz CT molecular complexity index is 853. The lowest BCUT2D eigenvalue weighted by molar-refractivity contribution is -0.121. The maximum atomic E-state index is 13.1. The third-order valence-electron chi connectivity index (χ3n) is 3.83. The fourth-order valence-corrected chi connectivity index (χ4v) is 2.49. The summed E-state index contributed by atoms with van der Waals surface area (Å²) >= 11 is 0. The third-order valence-corrected chi connectivity index (χ3v) is 3.83. The number of nitriles is 1. The second kappa shape index (κ2) is 8.94. The molecule has 1 amide bonds. The van der Waals surface area contributed by atoms with Crippen molar-refractivity contribution < 1.29 is 23.2 Å². The van der Waals surface area contributed by atoms with Crippen LogP contribution in [0.1, 0.15) is 48.0 Å². The molecule has 7 nitrogen and oxygen atoms in total. The minimum absolute atomic E-state index is 0.0733. The number of rotatable bonds is 7. The number of aryl methyl sites for hydroxylation is 1. The SMILES string of the molecule is Cc1noc(C(C)C)c1C(=O)OCC(=O)N(CCC#N)c1ccc(F)cc1. The monoisotopic (exact) mass is 373 g/mol. The van der Waals surface area contributed by atoms with Gasteiger partial charge >= 0.3 is 5.97 Å². The summed E-state index contributed by atoms with van der Waals surface area (Å²) in [6, 6.07) is 7.22. The highest BCUT2D eigenvalue weighted by Crippen LogP contribution is 2.23. The number of aromatic nitrogens is 1. The molecule has 0 aliphatic carbocycles. The van der Waals surface area contributed by atoms with Gasteiger partial charge in [0.15, 0.2) is 12.4 Å². The smallest absolute Gasteiger partial charge is 0.344 e. The number of amides is 1. The van der Waals surface area contributed by atoms with Gasteiger partial charge in [-0.2, -0.15) is 5.26 Å². The number of esters is 1. The minimum atomic E-state index is -0.704. The zero-order chi connectivity index (χ0) is 20.0. The lowest BCUT2D eigenvalue weighted by Gasteiger charge is -2.21. The van der Waals surface area contributed by atoms with Crippen molar-refractivity contribution in [2.24, 2.45) is 0 Å². The normalized spacial score (nSPS) is 10.5. The fourth-order valence-electron chi connectivity index (χ4n) is 2.49. The molecular weight excluding hydrogens is 353 g/mol. The molecule has 8 heteroatoms. The summed E-state index contributed by atoms with van der Waals surface area (Å²) in [6.45, 7) is 4.89. The molecule has 0 saturated carbocycles. The van der Waals surface area contributed by atoms with Gasteiger partial charge in [-0.1, -0.05) is 19.0 Å². The number of carbonyl (C=O) groups excluding carboxylic acids is 2. The summed E-state index contributed by atoms with van der Waals surface area (Å²) in [4.78, 5) is 26.2. The van der Waals surface area contributed by atoms with Crippen LogP contribution in [0.15, 0.2) is 28.8 Å². The number of anilines is 1. The molecule has 1 heterocycles. The van der Waals surface area contributed by atoms with Crippen LogP contribution in [0.4, 0.5) is 10.1 Å². The zero-order valence-corrected chi connectivity index (χ0v) is 15.4. The molecule has 0 atom stereocenters. The average molecular weight is 373 g/mol. The Balaban J connectivity index is 2.11. The van der Waals surface area contributed by atoms with Crippen LogP contribution in [0.5, 0.6) is 0 Å². The van der Waals surface area contributed by atoms with E-state index >= 15 is 0 Å². The molecule has 0 radical (unpaired) electrons. The molecule has 1 aromatic heterocycles. The van der Waals surface area contributed by atoms with Crippen LogP contribution in [0.25, 0.3) is 0 Å². The van der Waals surface area contributed by atoms with Gasteiger partial charge in [-0.3, -0.25) is 4.79 Å². The van der Waals surface area contributed by atoms with Crippen molar-refractivity contribution in [1.82, 2.24) is 5.16 Å². The van der Waals surface area contributed by atoms with Gasteiger partial charge in [0.1, 0.15) is 11.4 Å². The molecule has 1 aromatic carbocycles. The predicted molar refractivity (Wildman–Crippen MR) is 94.6 cm³/mol. The molecule has 0 fully saturated rings. The fraction of sp³-hybridized carbons (Fsp3) is 0.368. The van der Waals surface area contributed by atoms with Crippen LogP contribution >= 0.6 is 0 Å². The molecule has 27 heavy (non-hydrogen) atoms. The molecular formula is C19H20FN3O4. The summed E-state index contributed by atoms with van der Waals surface area (Å²) in [7, 11) is 0. The largest absolute Gasteiger partial charge is 0.452 e. The highest BCUT2D eigenvalue weighted by molar-refractivity contribution is 5.97. The minimum Gasteiger partial charge on any atom is -0.452 e. The molecule has 0 saturated heterocycles. The molecule has 0 N–H and O–H groups in total. The average Bonchev–Trinajstić information content (AvgIpc) is 3.03. The first-order valence-electron chi connectivity index (χ1n) is 8.41. The van der Waals surface area contributed by atoms with E-state index < -0.39 is 24.3 Å². The number of carbonyl (C=O) groups is 2. The number of benzene rings is 1. The predicted octanol–water partition coefficient (Wildman–Crippen LogP) is 3.35. The van der Waals surface area contributed by atoms with E-state index in [1.54, 1.807) is 6.92 Å². The zero-order valence-electron chi connectivity index (χ0n) is 15.4. The lowest BCUT2D eigenvalue weighted by atomic mass is 10.1. The van der Waals surface area contributed by atoms with Gasteiger partial charge in [-0.25, -0.2) is 9.18 Å². The van der Waals surface area contributed by atoms with Crippen LogP contribution < -0.4 is 4.90 Å². The van der Waals surface area contributed by atoms with Crippen molar-refractivity contribution in [2.45, 2.75) is 33.1 Å². The van der Waals surface area contributed by atoms with Gasteiger partial charge in [0.05, 0.1) is 18.2 Å². The molecule has 2 aromatic rings. The molecule has 2 rings (SSSR count). The Labute approximate surface area is 156 Å². The summed E-state index contributed by atoms with van der Waals surface area (Å²) in [6.07, 6.45) is 0.0827. The maximum Gasteiger partial charge on any atom is 0.344 e.